The van der Waals surface area contributed by atoms with Crippen LogP contribution < -0.4 is 5.73 Å². The van der Waals surface area contributed by atoms with Crippen LogP contribution in [0.4, 0.5) is 10.1 Å². The molecule has 1 fully saturated rings. The zero-order valence-electron chi connectivity index (χ0n) is 11.2. The summed E-state index contributed by atoms with van der Waals surface area (Å²) in [6.45, 7) is 4.12. The van der Waals surface area contributed by atoms with Crippen LogP contribution in [0.15, 0.2) is 18.2 Å². The van der Waals surface area contributed by atoms with E-state index in [1.807, 2.05) is 0 Å². The number of nitrogens with zero attached hydrogens (tertiary/aromatic N) is 1. The van der Waals surface area contributed by atoms with Crippen molar-refractivity contribution in [3.8, 4) is 0 Å². The highest BCUT2D eigenvalue weighted by molar-refractivity contribution is 5.46. The summed E-state index contributed by atoms with van der Waals surface area (Å²) in [6, 6.07) is 5.32. The van der Waals surface area contributed by atoms with Crippen LogP contribution in [0.1, 0.15) is 44.6 Å². The normalized spacial score (nSPS) is 21.1. The Bertz CT molecular complexity index is 390. The zero-order valence-corrected chi connectivity index (χ0v) is 11.2. The van der Waals surface area contributed by atoms with Gasteiger partial charge in [-0.2, -0.15) is 0 Å². The maximum absolute atomic E-state index is 13.3. The van der Waals surface area contributed by atoms with Gasteiger partial charge in [-0.15, -0.1) is 0 Å². The summed E-state index contributed by atoms with van der Waals surface area (Å²) in [6.07, 6.45) is 6.27. The van der Waals surface area contributed by atoms with Crippen molar-refractivity contribution in [2.75, 3.05) is 12.3 Å². The van der Waals surface area contributed by atoms with E-state index >= 15 is 0 Å². The van der Waals surface area contributed by atoms with E-state index in [0.29, 0.717) is 11.7 Å². The number of anilines is 1. The van der Waals surface area contributed by atoms with E-state index in [2.05, 4.69) is 11.8 Å². The maximum Gasteiger partial charge on any atom is 0.123 e. The summed E-state index contributed by atoms with van der Waals surface area (Å²) >= 11 is 0. The average molecular weight is 250 g/mol. The lowest BCUT2D eigenvalue weighted by molar-refractivity contribution is 0.131. The molecule has 0 spiro atoms. The van der Waals surface area contributed by atoms with Crippen LogP contribution >= 0.6 is 0 Å². The number of benzene rings is 1. The molecule has 0 saturated carbocycles. The summed E-state index contributed by atoms with van der Waals surface area (Å²) in [4.78, 5) is 2.47. The Balaban J connectivity index is 2.08. The molecule has 1 heterocycles. The smallest absolute Gasteiger partial charge is 0.123 e. The molecule has 3 heteroatoms. The Labute approximate surface area is 109 Å². The highest BCUT2D eigenvalue weighted by atomic mass is 19.1. The number of nitrogen functional groups attached to an aromatic ring is 1. The molecule has 1 unspecified atom stereocenters. The predicted molar refractivity (Wildman–Crippen MR) is 73.8 cm³/mol. The first-order valence-electron chi connectivity index (χ1n) is 6.98. The molecule has 100 valence electrons. The lowest BCUT2D eigenvalue weighted by Crippen LogP contribution is -2.38. The van der Waals surface area contributed by atoms with Gasteiger partial charge in [0.2, 0.25) is 0 Å². The Morgan fingerprint density at radius 3 is 3.00 bits per heavy atom. The van der Waals surface area contributed by atoms with Gasteiger partial charge < -0.3 is 5.73 Å². The molecule has 1 aromatic carbocycles. The molecule has 2 nitrogen and oxygen atoms in total. The van der Waals surface area contributed by atoms with Crippen LogP contribution in [0.2, 0.25) is 0 Å². The molecule has 2 rings (SSSR count). The minimum Gasteiger partial charge on any atom is -0.398 e. The summed E-state index contributed by atoms with van der Waals surface area (Å²) in [5.74, 6) is -0.191. The van der Waals surface area contributed by atoms with Gasteiger partial charge in [-0.25, -0.2) is 4.39 Å². The first-order valence-corrected chi connectivity index (χ1v) is 6.98. The monoisotopic (exact) mass is 250 g/mol. The van der Waals surface area contributed by atoms with Gasteiger partial charge in [-0.3, -0.25) is 4.90 Å². The average Bonchev–Trinajstić information content (AvgIpc) is 2.36. The second-order valence-electron chi connectivity index (χ2n) is 5.25. The highest BCUT2D eigenvalue weighted by Crippen LogP contribution is 2.25. The quantitative estimate of drug-likeness (QED) is 0.828. The molecule has 0 aromatic heterocycles. The number of rotatable bonds is 4. The third-order valence-corrected chi connectivity index (χ3v) is 3.85. The van der Waals surface area contributed by atoms with Crippen molar-refractivity contribution >= 4 is 5.69 Å². The van der Waals surface area contributed by atoms with Gasteiger partial charge in [0.25, 0.3) is 0 Å². The van der Waals surface area contributed by atoms with Crippen molar-refractivity contribution in [1.82, 2.24) is 4.90 Å². The summed E-state index contributed by atoms with van der Waals surface area (Å²) in [5.41, 5.74) is 7.57. The van der Waals surface area contributed by atoms with Gasteiger partial charge in [0.1, 0.15) is 5.82 Å². The van der Waals surface area contributed by atoms with Crippen LogP contribution in [0.5, 0.6) is 0 Å². The fraction of sp³-hybridized carbons (Fsp3) is 0.600. The predicted octanol–water partition coefficient (Wildman–Crippen LogP) is 3.56. The van der Waals surface area contributed by atoms with E-state index in [-0.39, 0.29) is 5.82 Å². The van der Waals surface area contributed by atoms with Crippen molar-refractivity contribution in [2.45, 2.75) is 51.6 Å². The number of likely N-dealkylation sites (tertiary alicyclic amines) is 1. The Hall–Kier alpha value is -1.09. The van der Waals surface area contributed by atoms with E-state index in [4.69, 9.17) is 5.73 Å². The van der Waals surface area contributed by atoms with Crippen LogP contribution in [0.3, 0.4) is 0 Å². The van der Waals surface area contributed by atoms with Crippen LogP contribution in [-0.2, 0) is 6.54 Å². The molecular formula is C15H23FN2. The Morgan fingerprint density at radius 2 is 2.22 bits per heavy atom. The zero-order chi connectivity index (χ0) is 13.0. The standard InChI is InChI=1S/C15H23FN2/c1-2-5-14-6-3-4-9-18(14)11-12-10-13(16)7-8-15(12)17/h7-8,10,14H,2-6,9,11,17H2,1H3. The second-order valence-corrected chi connectivity index (χ2v) is 5.25. The molecule has 2 N–H and O–H groups in total. The largest absolute Gasteiger partial charge is 0.398 e. The minimum absolute atomic E-state index is 0.191. The molecule has 0 aliphatic carbocycles. The Kier molecular flexibility index (Phi) is 4.59. The van der Waals surface area contributed by atoms with Crippen molar-refractivity contribution < 1.29 is 4.39 Å². The van der Waals surface area contributed by atoms with E-state index in [9.17, 15) is 4.39 Å². The van der Waals surface area contributed by atoms with Gasteiger partial charge in [0, 0.05) is 18.3 Å². The first kappa shape index (κ1) is 13.3. The third kappa shape index (κ3) is 3.22. The van der Waals surface area contributed by atoms with E-state index < -0.39 is 0 Å². The fourth-order valence-corrected chi connectivity index (χ4v) is 2.86. The molecule has 1 aromatic rings. The van der Waals surface area contributed by atoms with Crippen LogP contribution in [0, 0.1) is 5.82 Å². The molecule has 1 atom stereocenters. The van der Waals surface area contributed by atoms with Crippen molar-refractivity contribution in [2.24, 2.45) is 0 Å². The molecule has 0 bridgehead atoms. The Morgan fingerprint density at radius 1 is 1.39 bits per heavy atom. The van der Waals surface area contributed by atoms with Crippen molar-refractivity contribution in [3.63, 3.8) is 0 Å². The van der Waals surface area contributed by atoms with Gasteiger partial charge >= 0.3 is 0 Å². The van der Waals surface area contributed by atoms with Crippen LogP contribution in [0.25, 0.3) is 0 Å². The molecule has 0 radical (unpaired) electrons. The van der Waals surface area contributed by atoms with Gasteiger partial charge in [-0.1, -0.05) is 19.8 Å². The fourth-order valence-electron chi connectivity index (χ4n) is 2.86. The topological polar surface area (TPSA) is 29.3 Å². The second kappa shape index (κ2) is 6.19. The summed E-state index contributed by atoms with van der Waals surface area (Å²) in [5, 5.41) is 0. The van der Waals surface area contributed by atoms with Gasteiger partial charge in [0.15, 0.2) is 0 Å². The SMILES string of the molecule is CCCC1CCCCN1Cc1cc(F)ccc1N. The molecule has 1 aliphatic rings. The third-order valence-electron chi connectivity index (χ3n) is 3.85. The molecule has 0 amide bonds. The number of piperidine rings is 1. The van der Waals surface area contributed by atoms with E-state index in [1.165, 1.54) is 38.2 Å². The maximum atomic E-state index is 13.3. The van der Waals surface area contributed by atoms with E-state index in [0.717, 1.165) is 18.7 Å². The number of hydrogen-bond donors (Lipinski definition) is 1. The molecular weight excluding hydrogens is 227 g/mol. The number of hydrogen-bond acceptors (Lipinski definition) is 2. The number of halogens is 1. The number of nitrogens with two attached hydrogens (primary N) is 1. The highest BCUT2D eigenvalue weighted by Gasteiger charge is 2.22. The van der Waals surface area contributed by atoms with Crippen LogP contribution in [-0.4, -0.2) is 17.5 Å². The lowest BCUT2D eigenvalue weighted by atomic mass is 9.97. The van der Waals surface area contributed by atoms with Gasteiger partial charge in [0.05, 0.1) is 0 Å². The minimum atomic E-state index is -0.191. The van der Waals surface area contributed by atoms with Gasteiger partial charge in [-0.05, 0) is 49.6 Å². The molecule has 18 heavy (non-hydrogen) atoms. The molecule has 1 saturated heterocycles. The van der Waals surface area contributed by atoms with Crippen molar-refractivity contribution in [3.05, 3.63) is 29.6 Å². The summed E-state index contributed by atoms with van der Waals surface area (Å²) in [7, 11) is 0. The van der Waals surface area contributed by atoms with Crippen molar-refractivity contribution in [1.29, 1.82) is 0 Å². The lowest BCUT2D eigenvalue weighted by Gasteiger charge is -2.36. The van der Waals surface area contributed by atoms with E-state index in [1.54, 1.807) is 12.1 Å². The molecule has 1 aliphatic heterocycles. The summed E-state index contributed by atoms with van der Waals surface area (Å²) < 4.78 is 13.3. The first-order chi connectivity index (χ1) is 8.70.